The summed E-state index contributed by atoms with van der Waals surface area (Å²) >= 11 is 3.28. The van der Waals surface area contributed by atoms with E-state index in [0.29, 0.717) is 11.2 Å². The Hall–Kier alpha value is -1.89. The van der Waals surface area contributed by atoms with E-state index in [1.54, 1.807) is 23.1 Å². The highest BCUT2D eigenvalue weighted by Gasteiger charge is 2.10. The summed E-state index contributed by atoms with van der Waals surface area (Å²) in [5, 5.41) is 0.712. The first-order valence-corrected chi connectivity index (χ1v) is 8.95. The van der Waals surface area contributed by atoms with Crippen molar-refractivity contribution in [1.29, 1.82) is 0 Å². The van der Waals surface area contributed by atoms with Crippen LogP contribution in [0.2, 0.25) is 0 Å². The second kappa shape index (κ2) is 7.12. The monoisotopic (exact) mass is 346 g/mol. The maximum Gasteiger partial charge on any atom is 0.260 e. The van der Waals surface area contributed by atoms with Crippen LogP contribution in [0.25, 0.3) is 22.4 Å². The van der Waals surface area contributed by atoms with Gasteiger partial charge >= 0.3 is 0 Å². The molecule has 2 aromatic heterocycles. The second-order valence-electron chi connectivity index (χ2n) is 5.02. The summed E-state index contributed by atoms with van der Waals surface area (Å²) in [4.78, 5) is 22.8. The highest BCUT2D eigenvalue weighted by molar-refractivity contribution is 7.98. The van der Waals surface area contributed by atoms with Crippen molar-refractivity contribution in [3.8, 4) is 0 Å². The molecule has 3 aromatic rings. The van der Waals surface area contributed by atoms with Crippen molar-refractivity contribution in [3.63, 3.8) is 0 Å². The molecular weight excluding hydrogens is 328 g/mol. The summed E-state index contributed by atoms with van der Waals surface area (Å²) in [5.74, 6) is 0.590. The number of aromatic nitrogens is 2. The maximum atomic E-state index is 12.2. The largest absolute Gasteiger partial charge is 0.412 e. The molecule has 0 saturated heterocycles. The number of nitrogens with zero attached hydrogens (tertiary/aromatic N) is 1. The Labute approximate surface area is 142 Å². The summed E-state index contributed by atoms with van der Waals surface area (Å²) in [6, 6.07) is 8.27. The third kappa shape index (κ3) is 3.55. The van der Waals surface area contributed by atoms with Gasteiger partial charge in [-0.25, -0.2) is 4.98 Å². The van der Waals surface area contributed by atoms with Gasteiger partial charge in [-0.3, -0.25) is 4.79 Å². The van der Waals surface area contributed by atoms with Gasteiger partial charge in [-0.05, 0) is 49.4 Å². The molecule has 0 fully saturated rings. The molecule has 0 atom stereocenters. The fourth-order valence-corrected chi connectivity index (χ4v) is 3.69. The molecule has 0 radical (unpaired) electrons. The average Bonchev–Trinajstić information content (AvgIpc) is 2.81. The topological polar surface area (TPSA) is 77.2 Å². The van der Waals surface area contributed by atoms with Gasteiger partial charge < -0.3 is 10.5 Å². The Morgan fingerprint density at radius 2 is 1.87 bits per heavy atom. The van der Waals surface area contributed by atoms with E-state index in [0.717, 1.165) is 20.8 Å². The van der Waals surface area contributed by atoms with Crippen molar-refractivity contribution in [2.45, 2.75) is 18.7 Å². The van der Waals surface area contributed by atoms with E-state index in [9.17, 15) is 4.79 Å². The second-order valence-corrected chi connectivity index (χ2v) is 7.10. The summed E-state index contributed by atoms with van der Waals surface area (Å²) in [6.07, 6.45) is 5.86. The van der Waals surface area contributed by atoms with Crippen molar-refractivity contribution in [2.24, 2.45) is 0 Å². The van der Waals surface area contributed by atoms with E-state index in [2.05, 4.69) is 40.5 Å². The lowest BCUT2D eigenvalue weighted by atomic mass is 10.2. The first-order chi connectivity index (χ1) is 10.6. The SMILES string of the molecule is CSc1ccc(/C=C/c2nc3sc(C)c(C)c3c(=O)[nH]2)cc1.O. The molecule has 0 aliphatic heterocycles. The number of rotatable bonds is 3. The lowest BCUT2D eigenvalue weighted by Crippen LogP contribution is -2.09. The fourth-order valence-electron chi connectivity index (χ4n) is 2.24. The van der Waals surface area contributed by atoms with E-state index in [1.165, 1.54) is 4.90 Å². The number of H-pyrrole nitrogens is 1. The predicted molar refractivity (Wildman–Crippen MR) is 100 cm³/mol. The Morgan fingerprint density at radius 3 is 2.52 bits per heavy atom. The van der Waals surface area contributed by atoms with Crippen LogP contribution in [-0.2, 0) is 0 Å². The Balaban J connectivity index is 0.00000192. The highest BCUT2D eigenvalue weighted by Crippen LogP contribution is 2.25. The average molecular weight is 346 g/mol. The van der Waals surface area contributed by atoms with Gasteiger partial charge in [0.1, 0.15) is 10.7 Å². The maximum absolute atomic E-state index is 12.2. The molecule has 3 N–H and O–H groups in total. The molecule has 0 aliphatic carbocycles. The molecule has 0 unspecified atom stereocenters. The number of hydrogen-bond donors (Lipinski definition) is 1. The third-order valence-electron chi connectivity index (χ3n) is 3.61. The number of benzene rings is 1. The van der Waals surface area contributed by atoms with Crippen LogP contribution in [0, 0.1) is 13.8 Å². The van der Waals surface area contributed by atoms with Gasteiger partial charge in [0.25, 0.3) is 5.56 Å². The van der Waals surface area contributed by atoms with Crippen LogP contribution in [0.5, 0.6) is 0 Å². The third-order valence-corrected chi connectivity index (χ3v) is 5.45. The number of fused-ring (bicyclic) bond motifs is 1. The summed E-state index contributed by atoms with van der Waals surface area (Å²) in [6.45, 7) is 3.98. The molecule has 0 spiro atoms. The Kier molecular flexibility index (Phi) is 5.41. The van der Waals surface area contributed by atoms with Gasteiger partial charge in [0.05, 0.1) is 5.39 Å². The number of hydrogen-bond acceptors (Lipinski definition) is 4. The van der Waals surface area contributed by atoms with E-state index in [-0.39, 0.29) is 11.0 Å². The van der Waals surface area contributed by atoms with Gasteiger partial charge in [-0.1, -0.05) is 18.2 Å². The molecule has 0 saturated carbocycles. The van der Waals surface area contributed by atoms with Crippen LogP contribution in [0.3, 0.4) is 0 Å². The van der Waals surface area contributed by atoms with Gasteiger partial charge in [0.15, 0.2) is 0 Å². The zero-order valence-electron chi connectivity index (χ0n) is 13.1. The molecule has 1 aromatic carbocycles. The van der Waals surface area contributed by atoms with E-state index >= 15 is 0 Å². The van der Waals surface area contributed by atoms with E-state index in [1.807, 2.05) is 26.0 Å². The molecule has 0 aliphatic rings. The zero-order chi connectivity index (χ0) is 15.7. The lowest BCUT2D eigenvalue weighted by Gasteiger charge is -1.98. The Bertz CT molecular complexity index is 909. The molecule has 120 valence electrons. The van der Waals surface area contributed by atoms with Crippen molar-refractivity contribution < 1.29 is 5.48 Å². The van der Waals surface area contributed by atoms with E-state index in [4.69, 9.17) is 0 Å². The highest BCUT2D eigenvalue weighted by atomic mass is 32.2. The lowest BCUT2D eigenvalue weighted by molar-refractivity contribution is 0.824. The first-order valence-electron chi connectivity index (χ1n) is 6.90. The number of nitrogens with one attached hydrogen (secondary N) is 1. The minimum atomic E-state index is -0.0655. The molecule has 3 rings (SSSR count). The summed E-state index contributed by atoms with van der Waals surface area (Å²) < 4.78 is 0. The number of aryl methyl sites for hydroxylation is 2. The van der Waals surface area contributed by atoms with E-state index < -0.39 is 0 Å². The van der Waals surface area contributed by atoms with Crippen LogP contribution in [0.4, 0.5) is 0 Å². The van der Waals surface area contributed by atoms with Crippen molar-refractivity contribution >= 4 is 45.5 Å². The normalized spacial score (nSPS) is 11.1. The minimum Gasteiger partial charge on any atom is -0.412 e. The smallest absolute Gasteiger partial charge is 0.260 e. The predicted octanol–water partition coefficient (Wildman–Crippen LogP) is 3.67. The number of thiophene rings is 1. The summed E-state index contributed by atoms with van der Waals surface area (Å²) in [7, 11) is 0. The molecule has 4 nitrogen and oxygen atoms in total. The molecule has 23 heavy (non-hydrogen) atoms. The van der Waals surface area contributed by atoms with Crippen LogP contribution < -0.4 is 5.56 Å². The molecule has 2 heterocycles. The molecule has 0 bridgehead atoms. The van der Waals surface area contributed by atoms with Crippen LogP contribution >= 0.6 is 23.1 Å². The summed E-state index contributed by atoms with van der Waals surface area (Å²) in [5.41, 5.74) is 2.04. The van der Waals surface area contributed by atoms with Gasteiger partial charge in [0.2, 0.25) is 0 Å². The number of aromatic amines is 1. The van der Waals surface area contributed by atoms with Gasteiger partial charge in [-0.2, -0.15) is 0 Å². The van der Waals surface area contributed by atoms with Crippen molar-refractivity contribution in [2.75, 3.05) is 6.26 Å². The molecule has 0 amide bonds. The first kappa shape index (κ1) is 17.5. The van der Waals surface area contributed by atoms with Crippen molar-refractivity contribution in [1.82, 2.24) is 9.97 Å². The molecule has 6 heteroatoms. The van der Waals surface area contributed by atoms with Gasteiger partial charge in [-0.15, -0.1) is 23.1 Å². The van der Waals surface area contributed by atoms with Crippen LogP contribution in [0.15, 0.2) is 34.0 Å². The quantitative estimate of drug-likeness (QED) is 0.735. The van der Waals surface area contributed by atoms with Crippen LogP contribution in [0.1, 0.15) is 21.8 Å². The van der Waals surface area contributed by atoms with Crippen LogP contribution in [-0.4, -0.2) is 21.7 Å². The fraction of sp³-hybridized carbons (Fsp3) is 0.176. The molecular formula is C17H18N2O2S2. The van der Waals surface area contributed by atoms with Crippen molar-refractivity contribution in [3.05, 3.63) is 56.4 Å². The minimum absolute atomic E-state index is 0. The standard InChI is InChI=1S/C17H16N2OS2.H2O/c1-10-11(2)22-17-15(10)16(20)18-14(19-17)9-6-12-4-7-13(21-3)8-5-12;/h4-9H,1-3H3,(H,18,19,20);1H2/b9-6+;. The van der Waals surface area contributed by atoms with Gasteiger partial charge in [0, 0.05) is 9.77 Å². The zero-order valence-corrected chi connectivity index (χ0v) is 14.8. The Morgan fingerprint density at radius 1 is 1.17 bits per heavy atom. The number of thioether (sulfide) groups is 1.